The average molecular weight is 469 g/mol. The summed E-state index contributed by atoms with van der Waals surface area (Å²) < 4.78 is 11.7. The fraction of sp³-hybridized carbons (Fsp3) is 0.520. The lowest BCUT2D eigenvalue weighted by atomic mass is 9.92. The quantitative estimate of drug-likeness (QED) is 0.568. The maximum absolute atomic E-state index is 6.38. The van der Waals surface area contributed by atoms with Crippen LogP contribution in [0.4, 0.5) is 0 Å². The Morgan fingerprint density at radius 2 is 1.35 bits per heavy atom. The van der Waals surface area contributed by atoms with Crippen LogP contribution in [0.5, 0.6) is 11.5 Å². The summed E-state index contributed by atoms with van der Waals surface area (Å²) in [5.74, 6) is 1.84. The largest absolute Gasteiger partial charge is 1.00 e. The molecule has 0 aliphatic carbocycles. The van der Waals surface area contributed by atoms with Gasteiger partial charge in [0.25, 0.3) is 0 Å². The molecular formula is C25H38Cl2N2O2. The van der Waals surface area contributed by atoms with E-state index in [1.165, 1.54) is 36.9 Å². The van der Waals surface area contributed by atoms with Gasteiger partial charge in [-0.2, -0.15) is 0 Å². The molecule has 1 aliphatic rings. The van der Waals surface area contributed by atoms with Crippen LogP contribution in [0.25, 0.3) is 0 Å². The van der Waals surface area contributed by atoms with Crippen LogP contribution in [0.1, 0.15) is 36.8 Å². The molecule has 1 heterocycles. The SMILES string of the molecule is COc1ccc(CCC(CCc2ccc(OC)cc2)[N@@+]2(C)CCCC(N)C2)cc1.Cl.[Cl-]. The summed E-state index contributed by atoms with van der Waals surface area (Å²) in [5, 5.41) is 0. The molecule has 0 radical (unpaired) electrons. The van der Waals surface area contributed by atoms with Gasteiger partial charge in [-0.05, 0) is 61.1 Å². The maximum atomic E-state index is 6.38. The first-order valence-corrected chi connectivity index (χ1v) is 10.9. The molecule has 2 aromatic carbocycles. The first kappa shape index (κ1) is 27.6. The third kappa shape index (κ3) is 7.87. The summed E-state index contributed by atoms with van der Waals surface area (Å²) >= 11 is 0. The molecule has 0 saturated carbocycles. The van der Waals surface area contributed by atoms with Crippen molar-refractivity contribution in [1.82, 2.24) is 0 Å². The Morgan fingerprint density at radius 1 is 0.903 bits per heavy atom. The van der Waals surface area contributed by atoms with Crippen LogP contribution in [-0.2, 0) is 12.8 Å². The van der Waals surface area contributed by atoms with Gasteiger partial charge in [-0.25, -0.2) is 0 Å². The van der Waals surface area contributed by atoms with Crippen molar-refractivity contribution in [3.8, 4) is 11.5 Å². The Labute approximate surface area is 200 Å². The predicted molar refractivity (Wildman–Crippen MR) is 127 cm³/mol. The molecule has 0 aromatic heterocycles. The molecule has 3 rings (SSSR count). The van der Waals surface area contributed by atoms with E-state index in [9.17, 15) is 0 Å². The molecule has 4 nitrogen and oxygen atoms in total. The number of hydrogen-bond acceptors (Lipinski definition) is 3. The number of benzene rings is 2. The molecular weight excluding hydrogens is 431 g/mol. The lowest BCUT2D eigenvalue weighted by Crippen LogP contribution is -3.00. The Hall–Kier alpha value is -1.46. The third-order valence-electron chi connectivity index (χ3n) is 6.63. The second kappa shape index (κ2) is 13.2. The van der Waals surface area contributed by atoms with E-state index in [0.717, 1.165) is 41.8 Å². The Kier molecular flexibility index (Phi) is 11.7. The second-order valence-electron chi connectivity index (χ2n) is 8.72. The van der Waals surface area contributed by atoms with Gasteiger partial charge < -0.3 is 32.1 Å². The van der Waals surface area contributed by atoms with Gasteiger partial charge in [0.1, 0.15) is 11.5 Å². The molecule has 0 spiro atoms. The molecule has 174 valence electrons. The number of nitrogens with two attached hydrogens (primary N) is 1. The molecule has 1 fully saturated rings. The van der Waals surface area contributed by atoms with E-state index in [2.05, 4.69) is 55.6 Å². The number of likely N-dealkylation sites (N-methyl/N-ethyl adjacent to an activating group) is 1. The summed E-state index contributed by atoms with van der Waals surface area (Å²) in [7, 11) is 5.86. The fourth-order valence-corrected chi connectivity index (χ4v) is 4.78. The van der Waals surface area contributed by atoms with E-state index in [1.807, 2.05) is 0 Å². The average Bonchev–Trinajstić information content (AvgIpc) is 2.74. The molecule has 2 N–H and O–H groups in total. The number of halogens is 2. The van der Waals surface area contributed by atoms with Gasteiger partial charge in [-0.3, -0.25) is 0 Å². The van der Waals surface area contributed by atoms with E-state index in [0.29, 0.717) is 12.1 Å². The molecule has 1 saturated heterocycles. The van der Waals surface area contributed by atoms with Gasteiger partial charge >= 0.3 is 0 Å². The lowest BCUT2D eigenvalue weighted by molar-refractivity contribution is -0.939. The monoisotopic (exact) mass is 468 g/mol. The van der Waals surface area contributed by atoms with Crippen LogP contribution in [-0.4, -0.2) is 50.9 Å². The number of ether oxygens (including phenoxy) is 2. The zero-order valence-electron chi connectivity index (χ0n) is 19.1. The Bertz CT molecular complexity index is 704. The summed E-state index contributed by atoms with van der Waals surface area (Å²) in [4.78, 5) is 0. The van der Waals surface area contributed by atoms with Crippen molar-refractivity contribution in [3.63, 3.8) is 0 Å². The van der Waals surface area contributed by atoms with Crippen LogP contribution in [0.15, 0.2) is 48.5 Å². The van der Waals surface area contributed by atoms with E-state index in [1.54, 1.807) is 14.2 Å². The van der Waals surface area contributed by atoms with Gasteiger partial charge in [0, 0.05) is 12.8 Å². The standard InChI is InChI=1S/C25H37N2O2.2ClH/c1-27(18-4-5-22(26)19-27)23(12-6-20-8-14-24(28-2)15-9-20)13-7-21-10-16-25(29-3)17-11-21;;/h8-11,14-17,22-23H,4-7,12-13,18-19,26H2,1-3H3;2*1H/q+1;;/p-1/t22?,27-;;/m0../s1. The first-order valence-electron chi connectivity index (χ1n) is 10.9. The van der Waals surface area contributed by atoms with Crippen molar-refractivity contribution < 1.29 is 26.4 Å². The molecule has 6 heteroatoms. The zero-order chi connectivity index (χ0) is 20.7. The van der Waals surface area contributed by atoms with Crippen LogP contribution in [0.2, 0.25) is 0 Å². The van der Waals surface area contributed by atoms with Crippen LogP contribution in [0.3, 0.4) is 0 Å². The summed E-state index contributed by atoms with van der Waals surface area (Å²) in [6, 6.07) is 18.0. The maximum Gasteiger partial charge on any atom is 0.118 e. The number of quaternary nitrogens is 1. The van der Waals surface area contributed by atoms with E-state index in [4.69, 9.17) is 15.2 Å². The highest BCUT2D eigenvalue weighted by atomic mass is 35.5. The fourth-order valence-electron chi connectivity index (χ4n) is 4.78. The normalized spacial score (nSPS) is 20.5. The van der Waals surface area contributed by atoms with E-state index in [-0.39, 0.29) is 24.8 Å². The molecule has 31 heavy (non-hydrogen) atoms. The van der Waals surface area contributed by atoms with Crippen LogP contribution >= 0.6 is 12.4 Å². The minimum atomic E-state index is 0. The van der Waals surface area contributed by atoms with Gasteiger partial charge in [0.2, 0.25) is 0 Å². The van der Waals surface area contributed by atoms with Crippen molar-refractivity contribution in [1.29, 1.82) is 0 Å². The number of likely N-dealkylation sites (tertiary alicyclic amines) is 1. The topological polar surface area (TPSA) is 44.5 Å². The smallest absolute Gasteiger partial charge is 0.118 e. The first-order chi connectivity index (χ1) is 14.0. The number of aryl methyl sites for hydroxylation is 2. The number of piperidine rings is 1. The zero-order valence-corrected chi connectivity index (χ0v) is 20.6. The van der Waals surface area contributed by atoms with Gasteiger partial charge in [-0.15, -0.1) is 12.4 Å². The van der Waals surface area contributed by atoms with Gasteiger partial charge in [0.05, 0.1) is 46.4 Å². The molecule has 1 unspecified atom stereocenters. The number of nitrogens with zero attached hydrogens (tertiary/aromatic N) is 1. The number of rotatable bonds is 9. The van der Waals surface area contributed by atoms with Crippen molar-refractivity contribution in [2.45, 2.75) is 50.6 Å². The third-order valence-corrected chi connectivity index (χ3v) is 6.63. The number of methoxy groups -OCH3 is 2. The highest BCUT2D eigenvalue weighted by Crippen LogP contribution is 2.27. The van der Waals surface area contributed by atoms with Crippen LogP contribution < -0.4 is 27.6 Å². The van der Waals surface area contributed by atoms with Crippen molar-refractivity contribution in [3.05, 3.63) is 59.7 Å². The highest BCUT2D eigenvalue weighted by molar-refractivity contribution is 5.85. The minimum Gasteiger partial charge on any atom is -1.00 e. The Morgan fingerprint density at radius 3 is 1.74 bits per heavy atom. The van der Waals surface area contributed by atoms with Crippen molar-refractivity contribution in [2.24, 2.45) is 5.73 Å². The summed E-state index contributed by atoms with van der Waals surface area (Å²) in [6.45, 7) is 2.33. The molecule has 2 atom stereocenters. The molecule has 1 aliphatic heterocycles. The van der Waals surface area contributed by atoms with Gasteiger partial charge in [-0.1, -0.05) is 24.3 Å². The predicted octanol–water partition coefficient (Wildman–Crippen LogP) is 1.63. The molecule has 0 amide bonds. The van der Waals surface area contributed by atoms with Crippen molar-refractivity contribution >= 4 is 12.4 Å². The minimum absolute atomic E-state index is 0. The van der Waals surface area contributed by atoms with Crippen molar-refractivity contribution in [2.75, 3.05) is 34.4 Å². The Balaban J connectivity index is 0.00000240. The number of hydrogen-bond donors (Lipinski definition) is 1. The van der Waals surface area contributed by atoms with E-state index < -0.39 is 0 Å². The van der Waals surface area contributed by atoms with E-state index >= 15 is 0 Å². The van der Waals surface area contributed by atoms with Gasteiger partial charge in [0.15, 0.2) is 0 Å². The summed E-state index contributed by atoms with van der Waals surface area (Å²) in [6.07, 6.45) is 6.97. The molecule has 2 aromatic rings. The highest BCUT2D eigenvalue weighted by Gasteiger charge is 2.36. The second-order valence-corrected chi connectivity index (χ2v) is 8.72. The van der Waals surface area contributed by atoms with Crippen LogP contribution in [0, 0.1) is 0 Å². The lowest BCUT2D eigenvalue weighted by Gasteiger charge is -2.46. The summed E-state index contributed by atoms with van der Waals surface area (Å²) in [5.41, 5.74) is 9.15. The molecule has 0 bridgehead atoms.